The van der Waals surface area contributed by atoms with Crippen LogP contribution in [0.2, 0.25) is 0 Å². The van der Waals surface area contributed by atoms with Crippen LogP contribution in [0.4, 0.5) is 10.3 Å². The molecule has 2 aromatic heterocycles. The number of nitrogen functional groups attached to an aromatic ring is 1. The van der Waals surface area contributed by atoms with Gasteiger partial charge in [0.2, 0.25) is 11.8 Å². The molecule has 3 heterocycles. The lowest BCUT2D eigenvalue weighted by atomic mass is 9.97. The molecule has 0 bridgehead atoms. The number of ether oxygens (including phenoxy) is 2. The summed E-state index contributed by atoms with van der Waals surface area (Å²) in [5.41, 5.74) is 12.6. The Bertz CT molecular complexity index is 970. The fourth-order valence-electron chi connectivity index (χ4n) is 2.97. The Morgan fingerprint density at radius 1 is 1.59 bits per heavy atom. The van der Waals surface area contributed by atoms with Crippen molar-refractivity contribution in [2.24, 2.45) is 5.11 Å². The molecule has 1 unspecified atom stereocenters. The molecule has 29 heavy (non-hydrogen) atoms. The summed E-state index contributed by atoms with van der Waals surface area (Å²) in [6, 6.07) is 0. The monoisotopic (exact) mass is 431 g/mol. The minimum absolute atomic E-state index is 0.0783. The number of aliphatic hydroxyl groups excluding tert-OH is 1. The average Bonchev–Trinajstić information content (AvgIpc) is 3.20. The quantitative estimate of drug-likeness (QED) is 0.231. The molecule has 1 saturated heterocycles. The summed E-state index contributed by atoms with van der Waals surface area (Å²) in [7, 11) is -3.07. The van der Waals surface area contributed by atoms with E-state index in [0.717, 1.165) is 0 Å². The number of nitrogens with zero attached hydrogens (tertiary/aromatic N) is 7. The first-order valence-electron chi connectivity index (χ1n) is 8.25. The second-order valence-corrected chi connectivity index (χ2v) is 6.74. The van der Waals surface area contributed by atoms with Gasteiger partial charge in [0, 0.05) is 9.48 Å². The molecular formula is C13H17FN8O6P+. The van der Waals surface area contributed by atoms with Crippen LogP contribution in [0.25, 0.3) is 21.6 Å². The van der Waals surface area contributed by atoms with Crippen LogP contribution in [-0.4, -0.2) is 67.2 Å². The fourth-order valence-corrected chi connectivity index (χ4v) is 3.30. The first kappa shape index (κ1) is 21.0. The van der Waals surface area contributed by atoms with Crippen molar-refractivity contribution in [1.82, 2.24) is 19.5 Å². The summed E-state index contributed by atoms with van der Waals surface area (Å²) in [6.07, 6.45) is -4.18. The SMILES string of the molecule is CCOc1nc(N)nc2c1ncn2[C@@H]1O[C@](CN=[N+]=[N-])(CO[P+](=O)O)[C@@H](O)[C@H]1F. The van der Waals surface area contributed by atoms with Crippen LogP contribution in [0.3, 0.4) is 0 Å². The van der Waals surface area contributed by atoms with Crippen LogP contribution in [-0.2, 0) is 13.8 Å². The molecule has 4 N–H and O–H groups in total. The zero-order valence-corrected chi connectivity index (χ0v) is 15.9. The normalized spacial score (nSPS) is 27.0. The largest absolute Gasteiger partial charge is 0.694 e. The van der Waals surface area contributed by atoms with Crippen molar-refractivity contribution in [2.45, 2.75) is 31.0 Å². The predicted molar refractivity (Wildman–Crippen MR) is 94.5 cm³/mol. The number of alkyl halides is 1. The van der Waals surface area contributed by atoms with Gasteiger partial charge in [0.25, 0.3) is 0 Å². The first-order valence-corrected chi connectivity index (χ1v) is 9.38. The highest BCUT2D eigenvalue weighted by Crippen LogP contribution is 2.42. The number of rotatable bonds is 8. The number of hydrogen-bond donors (Lipinski definition) is 3. The molecule has 0 saturated carbocycles. The lowest BCUT2D eigenvalue weighted by molar-refractivity contribution is -0.116. The Morgan fingerprint density at radius 2 is 2.34 bits per heavy atom. The van der Waals surface area contributed by atoms with Crippen molar-refractivity contribution in [3.8, 4) is 5.88 Å². The van der Waals surface area contributed by atoms with Crippen molar-refractivity contribution in [2.75, 3.05) is 25.5 Å². The Kier molecular flexibility index (Phi) is 6.07. The Hall–Kier alpha value is -2.67. The summed E-state index contributed by atoms with van der Waals surface area (Å²) in [5, 5.41) is 13.7. The third-order valence-electron chi connectivity index (χ3n) is 4.25. The average molecular weight is 431 g/mol. The molecule has 0 radical (unpaired) electrons. The summed E-state index contributed by atoms with van der Waals surface area (Å²) in [6.45, 7) is 0.739. The molecule has 156 valence electrons. The first-order chi connectivity index (χ1) is 13.8. The van der Waals surface area contributed by atoms with E-state index in [0.29, 0.717) is 0 Å². The molecule has 0 aliphatic carbocycles. The molecule has 3 rings (SSSR count). The van der Waals surface area contributed by atoms with Gasteiger partial charge >= 0.3 is 8.25 Å². The van der Waals surface area contributed by atoms with Gasteiger partial charge in [-0.2, -0.15) is 9.97 Å². The van der Waals surface area contributed by atoms with Gasteiger partial charge in [-0.15, -0.1) is 9.42 Å². The standard InChI is InChI=1S/C13H16FN8O6P/c1-2-26-10-7-9(19-12(15)20-10)22(5-17-7)11-6(14)8(23)13(28-11,3-18-21-16)4-27-29(24)25/h5-6,8,11,23H,2-4H2,1H3,(H2-,15,19,20,24,25)/p+1/t6-,8+,11-,13-/m1/s1. The highest BCUT2D eigenvalue weighted by atomic mass is 31.1. The third-order valence-corrected chi connectivity index (χ3v) is 4.60. The van der Waals surface area contributed by atoms with E-state index in [9.17, 15) is 9.67 Å². The van der Waals surface area contributed by atoms with E-state index in [2.05, 4.69) is 29.5 Å². The van der Waals surface area contributed by atoms with Gasteiger partial charge in [-0.1, -0.05) is 5.11 Å². The summed E-state index contributed by atoms with van der Waals surface area (Å²) >= 11 is 0. The number of anilines is 1. The number of imidazole rings is 1. The van der Waals surface area contributed by atoms with Crippen LogP contribution >= 0.6 is 8.25 Å². The van der Waals surface area contributed by atoms with E-state index in [1.807, 2.05) is 0 Å². The number of aliphatic hydroxyl groups is 1. The van der Waals surface area contributed by atoms with Gasteiger partial charge < -0.3 is 20.3 Å². The molecular weight excluding hydrogens is 414 g/mol. The molecule has 5 atom stereocenters. The van der Waals surface area contributed by atoms with E-state index in [1.54, 1.807) is 6.92 Å². The van der Waals surface area contributed by atoms with Gasteiger partial charge in [-0.3, -0.25) is 4.57 Å². The molecule has 16 heteroatoms. The molecule has 1 fully saturated rings. The van der Waals surface area contributed by atoms with E-state index < -0.39 is 45.5 Å². The third kappa shape index (κ3) is 3.92. The molecule has 2 aromatic rings. The van der Waals surface area contributed by atoms with Crippen LogP contribution in [0.5, 0.6) is 5.88 Å². The second-order valence-electron chi connectivity index (χ2n) is 6.01. The van der Waals surface area contributed by atoms with E-state index in [1.165, 1.54) is 10.9 Å². The van der Waals surface area contributed by atoms with Crippen LogP contribution in [0, 0.1) is 0 Å². The Labute approximate surface area is 163 Å². The molecule has 1 aliphatic rings. The molecule has 1 aliphatic heterocycles. The topological polar surface area (TPSA) is 204 Å². The minimum atomic E-state index is -3.07. The lowest BCUT2D eigenvalue weighted by Gasteiger charge is -2.27. The Morgan fingerprint density at radius 3 is 3.00 bits per heavy atom. The fraction of sp³-hybridized carbons (Fsp3) is 0.615. The van der Waals surface area contributed by atoms with Crippen molar-refractivity contribution < 1.29 is 33.0 Å². The number of aromatic nitrogens is 4. The van der Waals surface area contributed by atoms with Gasteiger partial charge in [0.1, 0.15) is 18.3 Å². The zero-order chi connectivity index (χ0) is 21.2. The van der Waals surface area contributed by atoms with Crippen LogP contribution in [0.15, 0.2) is 11.4 Å². The maximum absolute atomic E-state index is 15.0. The van der Waals surface area contributed by atoms with E-state index in [-0.39, 0.29) is 29.6 Å². The van der Waals surface area contributed by atoms with Gasteiger partial charge in [-0.25, -0.2) is 9.37 Å². The highest BCUT2D eigenvalue weighted by Gasteiger charge is 2.57. The van der Waals surface area contributed by atoms with Gasteiger partial charge in [-0.05, 0) is 12.5 Å². The van der Waals surface area contributed by atoms with Crippen molar-refractivity contribution in [3.63, 3.8) is 0 Å². The zero-order valence-electron chi connectivity index (χ0n) is 15.0. The van der Waals surface area contributed by atoms with Crippen LogP contribution in [0.1, 0.15) is 13.2 Å². The lowest BCUT2D eigenvalue weighted by Crippen LogP contribution is -2.48. The van der Waals surface area contributed by atoms with Crippen LogP contribution < -0.4 is 10.5 Å². The maximum atomic E-state index is 15.0. The van der Waals surface area contributed by atoms with E-state index in [4.69, 9.17) is 25.6 Å². The van der Waals surface area contributed by atoms with Gasteiger partial charge in [0.15, 0.2) is 23.6 Å². The number of halogens is 1. The Balaban J connectivity index is 2.03. The number of hydrogen-bond acceptors (Lipinski definition) is 10. The summed E-state index contributed by atoms with van der Waals surface area (Å²) in [4.78, 5) is 23.5. The minimum Gasteiger partial charge on any atom is -0.476 e. The molecule has 0 aromatic carbocycles. The van der Waals surface area contributed by atoms with Crippen molar-refractivity contribution >= 4 is 25.4 Å². The predicted octanol–water partition coefficient (Wildman–Crippen LogP) is 0.750. The molecule has 0 amide bonds. The molecule has 0 spiro atoms. The molecule has 14 nitrogen and oxygen atoms in total. The second kappa shape index (κ2) is 8.37. The van der Waals surface area contributed by atoms with Gasteiger partial charge in [0.05, 0.1) is 19.5 Å². The van der Waals surface area contributed by atoms with Crippen molar-refractivity contribution in [1.29, 1.82) is 0 Å². The smallest absolute Gasteiger partial charge is 0.476 e. The van der Waals surface area contributed by atoms with E-state index >= 15 is 4.39 Å². The summed E-state index contributed by atoms with van der Waals surface area (Å²) in [5.74, 6) is -0.0683. The number of azide groups is 1. The highest BCUT2D eigenvalue weighted by molar-refractivity contribution is 7.32. The number of fused-ring (bicyclic) bond motifs is 1. The maximum Gasteiger partial charge on any atom is 0.694 e. The number of nitrogens with two attached hydrogens (primary N) is 1. The summed E-state index contributed by atoms with van der Waals surface area (Å²) < 4.78 is 42.7. The van der Waals surface area contributed by atoms with Crippen molar-refractivity contribution in [3.05, 3.63) is 16.8 Å².